The lowest BCUT2D eigenvalue weighted by Gasteiger charge is -2.34. The number of aromatic carboxylic acids is 1. The maximum absolute atomic E-state index is 14.9. The third-order valence-electron chi connectivity index (χ3n) is 9.27. The Bertz CT molecular complexity index is 2080. The van der Waals surface area contributed by atoms with Crippen molar-refractivity contribution in [2.24, 2.45) is 0 Å². The number of halogens is 1. The van der Waals surface area contributed by atoms with Crippen molar-refractivity contribution in [2.45, 2.75) is 45.6 Å². The number of piperazine rings is 1. The normalized spacial score (nSPS) is 15.6. The molecule has 14 heteroatoms. The number of rotatable bonds is 10. The number of ether oxygens (including phenoxy) is 1. The molecule has 2 aliphatic rings. The van der Waals surface area contributed by atoms with Gasteiger partial charge < -0.3 is 25.0 Å². The van der Waals surface area contributed by atoms with Crippen LogP contribution in [0.15, 0.2) is 42.5 Å². The first-order chi connectivity index (χ1) is 24.7. The topological polar surface area (TPSA) is 120 Å². The van der Waals surface area contributed by atoms with Crippen molar-refractivity contribution in [3.8, 4) is 17.6 Å². The molecule has 3 aromatic heterocycles. The summed E-state index contributed by atoms with van der Waals surface area (Å²) in [5, 5.41) is 23.7. The highest BCUT2D eigenvalue weighted by Crippen LogP contribution is 2.39. The molecular weight excluding hydrogens is 688 g/mol. The third-order valence-corrected chi connectivity index (χ3v) is 11.4. The minimum absolute atomic E-state index is 0.0147. The van der Waals surface area contributed by atoms with Crippen LogP contribution >= 0.6 is 22.7 Å². The second-order valence-corrected chi connectivity index (χ2v) is 14.9. The highest BCUT2D eigenvalue weighted by molar-refractivity contribution is 7.22. The van der Waals surface area contributed by atoms with E-state index in [2.05, 4.69) is 61.1 Å². The van der Waals surface area contributed by atoms with Crippen LogP contribution in [0.25, 0.3) is 10.2 Å². The molecule has 5 heterocycles. The summed E-state index contributed by atoms with van der Waals surface area (Å²) >= 11 is 2.89. The SMILES string of the molecule is Cc1c(Nc2nc3ccccc3s2)nnc2c1CCCN2c1nc(C(=O)O)c(CCCOc2ccc(C#CC(C)N3CCN(C)CC3)cc2F)s1. The van der Waals surface area contributed by atoms with E-state index in [1.165, 1.54) is 17.4 Å². The number of anilines is 4. The van der Waals surface area contributed by atoms with Gasteiger partial charge in [0.15, 0.2) is 39.2 Å². The van der Waals surface area contributed by atoms with Crippen molar-refractivity contribution < 1.29 is 19.0 Å². The number of carbonyl (C=O) groups is 1. The number of carboxylic acids is 1. The van der Waals surface area contributed by atoms with E-state index in [4.69, 9.17) is 4.74 Å². The number of carboxylic acid groups (broad SMARTS) is 1. The molecule has 11 nitrogen and oxygen atoms in total. The van der Waals surface area contributed by atoms with Crippen LogP contribution in [0.4, 0.5) is 26.3 Å². The van der Waals surface area contributed by atoms with Crippen molar-refractivity contribution in [3.05, 3.63) is 75.5 Å². The molecule has 264 valence electrons. The summed E-state index contributed by atoms with van der Waals surface area (Å²) < 4.78 is 21.8. The number of nitrogens with one attached hydrogen (secondary N) is 1. The lowest BCUT2D eigenvalue weighted by atomic mass is 10.0. The van der Waals surface area contributed by atoms with Crippen LogP contribution in [-0.2, 0) is 12.8 Å². The van der Waals surface area contributed by atoms with Gasteiger partial charge in [-0.2, -0.15) is 0 Å². The predicted octanol–water partition coefficient (Wildman–Crippen LogP) is 6.52. The number of thiazole rings is 2. The number of hydrogen-bond donors (Lipinski definition) is 2. The van der Waals surface area contributed by atoms with Crippen LogP contribution in [0, 0.1) is 24.6 Å². The number of nitrogens with zero attached hydrogens (tertiary/aromatic N) is 7. The second kappa shape index (κ2) is 15.3. The van der Waals surface area contributed by atoms with Crippen LogP contribution in [0.5, 0.6) is 5.75 Å². The fourth-order valence-electron chi connectivity index (χ4n) is 6.30. The first-order valence-corrected chi connectivity index (χ1v) is 18.7. The van der Waals surface area contributed by atoms with Crippen molar-refractivity contribution in [2.75, 3.05) is 56.6 Å². The fourth-order valence-corrected chi connectivity index (χ4v) is 8.29. The van der Waals surface area contributed by atoms with E-state index in [-0.39, 0.29) is 24.1 Å². The lowest BCUT2D eigenvalue weighted by Crippen LogP contribution is -2.47. The molecular formula is C37H39FN8O3S2. The molecule has 5 aromatic rings. The van der Waals surface area contributed by atoms with Crippen LogP contribution in [0.2, 0.25) is 0 Å². The Morgan fingerprint density at radius 2 is 1.92 bits per heavy atom. The van der Waals surface area contributed by atoms with E-state index < -0.39 is 11.8 Å². The molecule has 0 bridgehead atoms. The molecule has 2 aromatic carbocycles. The summed E-state index contributed by atoms with van der Waals surface area (Å²) in [5.41, 5.74) is 3.56. The summed E-state index contributed by atoms with van der Waals surface area (Å²) in [4.78, 5) is 28.6. The predicted molar refractivity (Wildman–Crippen MR) is 200 cm³/mol. The van der Waals surface area contributed by atoms with Gasteiger partial charge in [-0.3, -0.25) is 4.90 Å². The number of aryl methyl sites for hydroxylation is 1. The number of hydrogen-bond acceptors (Lipinski definition) is 12. The average Bonchev–Trinajstić information content (AvgIpc) is 3.75. The number of fused-ring (bicyclic) bond motifs is 2. The molecule has 0 aliphatic carbocycles. The molecule has 1 fully saturated rings. The van der Waals surface area contributed by atoms with Gasteiger partial charge in [0.05, 0.1) is 22.9 Å². The van der Waals surface area contributed by atoms with Gasteiger partial charge in [0.2, 0.25) is 0 Å². The zero-order valence-corrected chi connectivity index (χ0v) is 30.4. The van der Waals surface area contributed by atoms with E-state index in [9.17, 15) is 14.3 Å². The van der Waals surface area contributed by atoms with Crippen molar-refractivity contribution in [1.29, 1.82) is 0 Å². The monoisotopic (exact) mass is 726 g/mol. The highest BCUT2D eigenvalue weighted by Gasteiger charge is 2.28. The Morgan fingerprint density at radius 3 is 2.71 bits per heavy atom. The van der Waals surface area contributed by atoms with Crippen molar-refractivity contribution in [3.63, 3.8) is 0 Å². The van der Waals surface area contributed by atoms with Gasteiger partial charge >= 0.3 is 5.97 Å². The molecule has 7 rings (SSSR count). The van der Waals surface area contributed by atoms with Gasteiger partial charge in [-0.25, -0.2) is 19.2 Å². The van der Waals surface area contributed by atoms with Crippen molar-refractivity contribution >= 4 is 60.8 Å². The summed E-state index contributed by atoms with van der Waals surface area (Å²) in [6.45, 7) is 8.93. The maximum Gasteiger partial charge on any atom is 0.355 e. The van der Waals surface area contributed by atoms with Gasteiger partial charge in [0.1, 0.15) is 0 Å². The Labute approximate surface area is 304 Å². The summed E-state index contributed by atoms with van der Waals surface area (Å²) in [6, 6.07) is 12.8. The van der Waals surface area contributed by atoms with Crippen LogP contribution in [0.1, 0.15) is 51.8 Å². The molecule has 0 amide bonds. The molecule has 0 saturated carbocycles. The second-order valence-electron chi connectivity index (χ2n) is 12.8. The Morgan fingerprint density at radius 1 is 1.10 bits per heavy atom. The van der Waals surface area contributed by atoms with E-state index in [0.717, 1.165) is 65.5 Å². The lowest BCUT2D eigenvalue weighted by molar-refractivity contribution is 0.0690. The standard InChI is InChI=1S/C37H39FN8O3S2/c1-23(45-19-17-44(3)18-20-45)12-13-25-14-15-29(27(38)22-25)49-21-7-11-31-32(35(47)48)40-37(51-31)46-16-6-8-26-24(2)33(42-43-34(26)46)41-36-39-28-9-4-5-10-30(28)50-36/h4-5,9-10,14-15,22-23H,6-8,11,16-21H2,1-3H3,(H,47,48)(H,39,41,42). The van der Waals surface area contributed by atoms with Gasteiger partial charge in [-0.05, 0) is 76.9 Å². The minimum Gasteiger partial charge on any atom is -0.491 e. The van der Waals surface area contributed by atoms with Crippen LogP contribution in [-0.4, -0.2) is 93.5 Å². The summed E-state index contributed by atoms with van der Waals surface area (Å²) in [5.74, 6) is 6.27. The maximum atomic E-state index is 14.9. The Kier molecular flexibility index (Phi) is 10.4. The highest BCUT2D eigenvalue weighted by atomic mass is 32.1. The van der Waals surface area contributed by atoms with Gasteiger partial charge in [0, 0.05) is 54.3 Å². The van der Waals surface area contributed by atoms with Crippen molar-refractivity contribution in [1.82, 2.24) is 30.0 Å². The zero-order chi connectivity index (χ0) is 35.5. The summed E-state index contributed by atoms with van der Waals surface area (Å²) in [6.07, 6.45) is 2.59. The smallest absolute Gasteiger partial charge is 0.355 e. The number of benzene rings is 2. The van der Waals surface area contributed by atoms with E-state index in [0.29, 0.717) is 46.6 Å². The molecule has 2 aliphatic heterocycles. The van der Waals surface area contributed by atoms with E-state index >= 15 is 0 Å². The average molecular weight is 727 g/mol. The number of likely N-dealkylation sites (N-methyl/N-ethyl adjacent to an activating group) is 1. The molecule has 1 atom stereocenters. The quantitative estimate of drug-likeness (QED) is 0.121. The molecule has 1 saturated heterocycles. The first kappa shape index (κ1) is 34.8. The molecule has 2 N–H and O–H groups in total. The fraction of sp³-hybridized carbons (Fsp3) is 0.378. The molecule has 1 unspecified atom stereocenters. The van der Waals surface area contributed by atoms with Gasteiger partial charge in [0.25, 0.3) is 0 Å². The first-order valence-electron chi connectivity index (χ1n) is 17.1. The van der Waals surface area contributed by atoms with Crippen LogP contribution in [0.3, 0.4) is 0 Å². The zero-order valence-electron chi connectivity index (χ0n) is 28.8. The largest absolute Gasteiger partial charge is 0.491 e. The number of aromatic nitrogens is 4. The van der Waals surface area contributed by atoms with Gasteiger partial charge in [-0.1, -0.05) is 35.3 Å². The Balaban J connectivity index is 0.983. The Hall–Kier alpha value is -4.68. The van der Waals surface area contributed by atoms with Gasteiger partial charge in [-0.15, -0.1) is 21.5 Å². The van der Waals surface area contributed by atoms with Crippen LogP contribution < -0.4 is 15.0 Å². The summed E-state index contributed by atoms with van der Waals surface area (Å²) in [7, 11) is 2.12. The molecule has 0 radical (unpaired) electrons. The molecule has 0 spiro atoms. The van der Waals surface area contributed by atoms with E-state index in [1.807, 2.05) is 36.1 Å². The number of para-hydroxylation sites is 1. The molecule has 51 heavy (non-hydrogen) atoms. The third kappa shape index (κ3) is 7.82. The van der Waals surface area contributed by atoms with E-state index in [1.54, 1.807) is 23.5 Å². The minimum atomic E-state index is -1.09.